The van der Waals surface area contributed by atoms with Gasteiger partial charge >= 0.3 is 6.18 Å². The van der Waals surface area contributed by atoms with Crippen molar-refractivity contribution >= 4 is 12.4 Å². The van der Waals surface area contributed by atoms with Crippen LogP contribution < -0.4 is 5.32 Å². The van der Waals surface area contributed by atoms with E-state index in [1.54, 1.807) is 26.0 Å². The second kappa shape index (κ2) is 8.23. The average Bonchev–Trinajstić information content (AvgIpc) is 2.26. The van der Waals surface area contributed by atoms with E-state index in [1.807, 2.05) is 5.32 Å². The summed E-state index contributed by atoms with van der Waals surface area (Å²) in [5.74, 6) is -0.648. The Morgan fingerprint density at radius 1 is 1.38 bits per heavy atom. The minimum atomic E-state index is -4.42. The first kappa shape index (κ1) is 18.9. The fourth-order valence-electron chi connectivity index (χ4n) is 1.58. The lowest BCUT2D eigenvalue weighted by molar-refractivity contribution is -0.157. The molecule has 118 valence electrons. The number of carboxylic acid groups (broad SMARTS) is 1. The van der Waals surface area contributed by atoms with Gasteiger partial charge in [0.2, 0.25) is 5.91 Å². The quantitative estimate of drug-likeness (QED) is 0.837. The van der Waals surface area contributed by atoms with Crippen molar-refractivity contribution in [2.45, 2.75) is 39.4 Å². The fraction of sp³-hybridized carbons (Fsp3) is 0.462. The summed E-state index contributed by atoms with van der Waals surface area (Å²) in [4.78, 5) is 24.0. The van der Waals surface area contributed by atoms with Gasteiger partial charge in [-0.2, -0.15) is 13.2 Å². The second-order valence-electron chi connectivity index (χ2n) is 4.37. The number of hydrogen-bond donors (Lipinski definition) is 2. The lowest BCUT2D eigenvalue weighted by Gasteiger charge is -2.17. The van der Waals surface area contributed by atoms with Crippen LogP contribution in [0, 0.1) is 13.8 Å². The number of carbonyl (C=O) groups excluding carboxylic acids is 1. The first-order chi connectivity index (χ1) is 9.59. The highest BCUT2D eigenvalue weighted by atomic mass is 19.4. The van der Waals surface area contributed by atoms with Gasteiger partial charge in [0.1, 0.15) is 6.04 Å². The van der Waals surface area contributed by atoms with Gasteiger partial charge in [-0.05, 0) is 38.5 Å². The number of aromatic nitrogens is 1. The summed E-state index contributed by atoms with van der Waals surface area (Å²) in [5, 5.41) is 8.81. The van der Waals surface area contributed by atoms with Crippen LogP contribution in [0.15, 0.2) is 12.1 Å². The lowest BCUT2D eigenvalue weighted by atomic mass is 10.1. The lowest BCUT2D eigenvalue weighted by Crippen LogP contribution is -2.43. The van der Waals surface area contributed by atoms with Gasteiger partial charge in [0.05, 0.1) is 6.42 Å². The molecule has 21 heavy (non-hydrogen) atoms. The van der Waals surface area contributed by atoms with Gasteiger partial charge in [0, 0.05) is 11.4 Å². The normalized spacial score (nSPS) is 11.9. The molecule has 1 aromatic rings. The van der Waals surface area contributed by atoms with Gasteiger partial charge in [-0.15, -0.1) is 0 Å². The molecule has 0 aliphatic rings. The number of alkyl halides is 3. The predicted octanol–water partition coefficient (Wildman–Crippen LogP) is 2.01. The zero-order valence-electron chi connectivity index (χ0n) is 11.9. The van der Waals surface area contributed by atoms with Crippen LogP contribution in [0.1, 0.15) is 23.9 Å². The van der Waals surface area contributed by atoms with Crippen LogP contribution >= 0.6 is 0 Å². The van der Waals surface area contributed by atoms with Crippen LogP contribution in [-0.2, 0) is 16.0 Å². The molecule has 0 saturated carbocycles. The van der Waals surface area contributed by atoms with Crippen molar-refractivity contribution in [2.24, 2.45) is 0 Å². The molecule has 5 nitrogen and oxygen atoms in total. The van der Waals surface area contributed by atoms with Crippen molar-refractivity contribution in [1.82, 2.24) is 10.3 Å². The van der Waals surface area contributed by atoms with Crippen LogP contribution in [0.2, 0.25) is 0 Å². The van der Waals surface area contributed by atoms with E-state index in [2.05, 4.69) is 4.98 Å². The molecular weight excluding hydrogens is 289 g/mol. The number of aryl methyl sites for hydroxylation is 2. The molecule has 1 atom stereocenters. The molecule has 8 heteroatoms. The van der Waals surface area contributed by atoms with Crippen LogP contribution in [0.5, 0.6) is 0 Å². The average molecular weight is 306 g/mol. The standard InChI is InChI=1S/C12H15F3N2O.CH2O2/c1-7-4-10(5-8(2)16-7)6-11(18)17-9(3)12(13,14)15;2-1-3/h4-5,9H,6H2,1-3H3,(H,17,18);1H,(H,2,3). The highest BCUT2D eigenvalue weighted by molar-refractivity contribution is 5.78. The molecule has 1 unspecified atom stereocenters. The van der Waals surface area contributed by atoms with Crippen molar-refractivity contribution in [2.75, 3.05) is 0 Å². The van der Waals surface area contributed by atoms with E-state index in [1.165, 1.54) is 0 Å². The summed E-state index contributed by atoms with van der Waals surface area (Å²) < 4.78 is 36.8. The number of nitrogens with one attached hydrogen (secondary N) is 1. The van der Waals surface area contributed by atoms with Crippen molar-refractivity contribution in [3.8, 4) is 0 Å². The Morgan fingerprint density at radius 3 is 2.19 bits per heavy atom. The fourth-order valence-corrected chi connectivity index (χ4v) is 1.58. The Bertz CT molecular complexity index is 470. The van der Waals surface area contributed by atoms with E-state index in [0.717, 1.165) is 18.3 Å². The molecule has 0 radical (unpaired) electrons. The zero-order valence-corrected chi connectivity index (χ0v) is 11.9. The summed E-state index contributed by atoms with van der Waals surface area (Å²) in [7, 11) is 0. The molecule has 0 aliphatic heterocycles. The van der Waals surface area contributed by atoms with Crippen LogP contribution in [0.3, 0.4) is 0 Å². The Morgan fingerprint density at radius 2 is 1.81 bits per heavy atom. The third-order valence-corrected chi connectivity index (χ3v) is 2.37. The van der Waals surface area contributed by atoms with E-state index in [4.69, 9.17) is 9.90 Å². The van der Waals surface area contributed by atoms with Crippen LogP contribution in [0.25, 0.3) is 0 Å². The largest absolute Gasteiger partial charge is 0.483 e. The van der Waals surface area contributed by atoms with E-state index in [0.29, 0.717) is 5.56 Å². The Labute approximate surface area is 120 Å². The van der Waals surface area contributed by atoms with Gasteiger partial charge in [-0.3, -0.25) is 14.6 Å². The summed E-state index contributed by atoms with van der Waals surface area (Å²) in [6, 6.07) is 1.53. The maximum Gasteiger partial charge on any atom is 0.408 e. The number of rotatable bonds is 3. The van der Waals surface area contributed by atoms with Crippen molar-refractivity contribution in [3.05, 3.63) is 29.1 Å². The number of amides is 1. The summed E-state index contributed by atoms with van der Waals surface area (Å²) >= 11 is 0. The van der Waals surface area contributed by atoms with Gasteiger partial charge in [0.15, 0.2) is 0 Å². The van der Waals surface area contributed by atoms with Gasteiger partial charge in [-0.1, -0.05) is 0 Å². The number of hydrogen-bond acceptors (Lipinski definition) is 3. The van der Waals surface area contributed by atoms with Crippen molar-refractivity contribution in [3.63, 3.8) is 0 Å². The minimum absolute atomic E-state index is 0.0788. The third-order valence-electron chi connectivity index (χ3n) is 2.37. The number of carbonyl (C=O) groups is 2. The SMILES string of the molecule is Cc1cc(CC(=O)NC(C)C(F)(F)F)cc(C)n1.O=CO. The molecule has 0 bridgehead atoms. The summed E-state index contributed by atoms with van der Waals surface area (Å²) in [6.07, 6.45) is -4.50. The number of nitrogens with zero attached hydrogens (tertiary/aromatic N) is 1. The molecule has 0 aliphatic carbocycles. The van der Waals surface area contributed by atoms with E-state index >= 15 is 0 Å². The molecule has 0 spiro atoms. The number of pyridine rings is 1. The van der Waals surface area contributed by atoms with Gasteiger partial charge < -0.3 is 10.4 Å². The first-order valence-electron chi connectivity index (χ1n) is 5.98. The van der Waals surface area contributed by atoms with Gasteiger partial charge in [0.25, 0.3) is 6.47 Å². The molecule has 1 aromatic heterocycles. The van der Waals surface area contributed by atoms with Crippen LogP contribution in [0.4, 0.5) is 13.2 Å². The summed E-state index contributed by atoms with van der Waals surface area (Å²) in [5.41, 5.74) is 2.13. The molecule has 0 aromatic carbocycles. The monoisotopic (exact) mass is 306 g/mol. The first-order valence-corrected chi connectivity index (χ1v) is 5.98. The summed E-state index contributed by atoms with van der Waals surface area (Å²) in [6.45, 7) is 4.21. The van der Waals surface area contributed by atoms with Crippen molar-refractivity contribution < 1.29 is 27.9 Å². The highest BCUT2D eigenvalue weighted by Gasteiger charge is 2.36. The van der Waals surface area contributed by atoms with E-state index in [9.17, 15) is 18.0 Å². The molecule has 0 fully saturated rings. The molecule has 0 saturated heterocycles. The molecular formula is C13H17F3N2O3. The Kier molecular flexibility index (Phi) is 7.40. The van der Waals surface area contributed by atoms with Crippen LogP contribution in [-0.4, -0.2) is 34.7 Å². The number of halogens is 3. The molecule has 1 heterocycles. The van der Waals surface area contributed by atoms with E-state index in [-0.39, 0.29) is 12.9 Å². The predicted molar refractivity (Wildman–Crippen MR) is 69.8 cm³/mol. The van der Waals surface area contributed by atoms with E-state index < -0.39 is 18.1 Å². The second-order valence-corrected chi connectivity index (χ2v) is 4.37. The Balaban J connectivity index is 0.00000122. The Hall–Kier alpha value is -2.12. The van der Waals surface area contributed by atoms with Crippen molar-refractivity contribution in [1.29, 1.82) is 0 Å². The topological polar surface area (TPSA) is 79.3 Å². The smallest absolute Gasteiger partial charge is 0.408 e. The zero-order chi connectivity index (χ0) is 16.6. The molecule has 2 N–H and O–H groups in total. The molecule has 1 amide bonds. The highest BCUT2D eigenvalue weighted by Crippen LogP contribution is 2.19. The maximum absolute atomic E-state index is 12.3. The minimum Gasteiger partial charge on any atom is -0.483 e. The third kappa shape index (κ3) is 7.91. The van der Waals surface area contributed by atoms with Gasteiger partial charge in [-0.25, -0.2) is 0 Å². The maximum atomic E-state index is 12.3. The molecule has 1 rings (SSSR count).